The summed E-state index contributed by atoms with van der Waals surface area (Å²) in [6.45, 7) is 0. The normalized spacial score (nSPS) is 23.2. The fourth-order valence-corrected chi connectivity index (χ4v) is 2.59. The standard InChI is InChI=1S/C14H15ClN2O2/c15-10-6-8-11(9-7-10)17-14(18)19-13-5-3-1-2-4-12(13)16-17/h6-9,13H,1-5H2/t13-/m0/s1. The molecular weight excluding hydrogens is 264 g/mol. The van der Waals surface area contributed by atoms with E-state index in [2.05, 4.69) is 5.10 Å². The summed E-state index contributed by atoms with van der Waals surface area (Å²) in [4.78, 5) is 12.0. The number of rotatable bonds is 1. The molecule has 0 aromatic heterocycles. The van der Waals surface area contributed by atoms with E-state index in [-0.39, 0.29) is 6.10 Å². The molecule has 0 saturated heterocycles. The van der Waals surface area contributed by atoms with Gasteiger partial charge in [-0.05, 0) is 49.9 Å². The van der Waals surface area contributed by atoms with Gasteiger partial charge in [-0.15, -0.1) is 0 Å². The second-order valence-electron chi connectivity index (χ2n) is 4.85. The fraction of sp³-hybridized carbons (Fsp3) is 0.429. The van der Waals surface area contributed by atoms with Crippen LogP contribution in [0.2, 0.25) is 5.02 Å². The van der Waals surface area contributed by atoms with Gasteiger partial charge in [0.05, 0.1) is 11.4 Å². The molecule has 0 bridgehead atoms. The molecule has 1 saturated carbocycles. The van der Waals surface area contributed by atoms with Crippen molar-refractivity contribution in [2.24, 2.45) is 5.10 Å². The predicted molar refractivity (Wildman–Crippen MR) is 74.7 cm³/mol. The number of hydrazone groups is 1. The van der Waals surface area contributed by atoms with E-state index in [1.165, 1.54) is 11.4 Å². The Labute approximate surface area is 117 Å². The zero-order valence-corrected chi connectivity index (χ0v) is 11.3. The average molecular weight is 279 g/mol. The van der Waals surface area contributed by atoms with Crippen molar-refractivity contribution >= 4 is 29.1 Å². The van der Waals surface area contributed by atoms with Crippen molar-refractivity contribution in [2.45, 2.75) is 38.2 Å². The van der Waals surface area contributed by atoms with Crippen LogP contribution in [-0.4, -0.2) is 17.9 Å². The highest BCUT2D eigenvalue weighted by molar-refractivity contribution is 6.30. The van der Waals surface area contributed by atoms with E-state index in [1.807, 2.05) is 0 Å². The molecular formula is C14H15ClN2O2. The third-order valence-corrected chi connectivity index (χ3v) is 3.74. The Kier molecular flexibility index (Phi) is 3.42. The SMILES string of the molecule is O=C1O[C@H]2CCCCCC2=NN1c1ccc(Cl)cc1. The van der Waals surface area contributed by atoms with Gasteiger partial charge >= 0.3 is 6.09 Å². The molecule has 1 aromatic carbocycles. The summed E-state index contributed by atoms with van der Waals surface area (Å²) in [6, 6.07) is 7.02. The molecule has 3 rings (SSSR count). The van der Waals surface area contributed by atoms with Gasteiger partial charge in [-0.3, -0.25) is 0 Å². The number of nitrogens with zero attached hydrogens (tertiary/aromatic N) is 2. The summed E-state index contributed by atoms with van der Waals surface area (Å²) in [5.74, 6) is 0. The minimum atomic E-state index is -0.405. The van der Waals surface area contributed by atoms with Gasteiger partial charge in [0, 0.05) is 5.02 Å². The van der Waals surface area contributed by atoms with Crippen molar-refractivity contribution in [1.82, 2.24) is 0 Å². The van der Waals surface area contributed by atoms with Gasteiger partial charge in [0.1, 0.15) is 6.10 Å². The lowest BCUT2D eigenvalue weighted by Crippen LogP contribution is -2.40. The van der Waals surface area contributed by atoms with Crippen LogP contribution in [0.3, 0.4) is 0 Å². The number of ether oxygens (including phenoxy) is 1. The predicted octanol–water partition coefficient (Wildman–Crippen LogP) is 3.99. The fourth-order valence-electron chi connectivity index (χ4n) is 2.47. The van der Waals surface area contributed by atoms with Crippen LogP contribution < -0.4 is 5.01 Å². The summed E-state index contributed by atoms with van der Waals surface area (Å²) in [5, 5.41) is 6.44. The lowest BCUT2D eigenvalue weighted by molar-refractivity contribution is 0.124. The lowest BCUT2D eigenvalue weighted by Gasteiger charge is -2.28. The summed E-state index contributed by atoms with van der Waals surface area (Å²) in [5.41, 5.74) is 1.66. The maximum atomic E-state index is 12.0. The lowest BCUT2D eigenvalue weighted by atomic mass is 10.1. The molecule has 0 spiro atoms. The zero-order valence-electron chi connectivity index (χ0n) is 10.5. The number of fused-ring (bicyclic) bond motifs is 1. The largest absolute Gasteiger partial charge is 0.438 e. The number of carbonyl (C=O) groups is 1. The van der Waals surface area contributed by atoms with Crippen LogP contribution in [0, 0.1) is 0 Å². The zero-order chi connectivity index (χ0) is 13.2. The Morgan fingerprint density at radius 2 is 2.00 bits per heavy atom. The molecule has 100 valence electrons. The second kappa shape index (κ2) is 5.21. The molecule has 1 heterocycles. The number of halogens is 1. The maximum absolute atomic E-state index is 12.0. The van der Waals surface area contributed by atoms with Gasteiger partial charge in [0.15, 0.2) is 0 Å². The molecule has 1 atom stereocenters. The molecule has 1 fully saturated rings. The number of anilines is 1. The quantitative estimate of drug-likeness (QED) is 0.779. The van der Waals surface area contributed by atoms with Crippen LogP contribution in [-0.2, 0) is 4.74 Å². The van der Waals surface area contributed by atoms with E-state index in [9.17, 15) is 4.79 Å². The van der Waals surface area contributed by atoms with Crippen molar-refractivity contribution in [3.05, 3.63) is 29.3 Å². The van der Waals surface area contributed by atoms with E-state index in [0.717, 1.165) is 31.4 Å². The Balaban J connectivity index is 1.91. The van der Waals surface area contributed by atoms with Gasteiger partial charge in [0.2, 0.25) is 0 Å². The first kappa shape index (κ1) is 12.5. The van der Waals surface area contributed by atoms with Crippen LogP contribution in [0.4, 0.5) is 10.5 Å². The number of benzene rings is 1. The van der Waals surface area contributed by atoms with E-state index in [1.54, 1.807) is 24.3 Å². The minimum Gasteiger partial charge on any atom is -0.438 e. The second-order valence-corrected chi connectivity index (χ2v) is 5.29. The summed E-state index contributed by atoms with van der Waals surface area (Å²) in [6.07, 6.45) is 4.64. The van der Waals surface area contributed by atoms with Crippen LogP contribution in [0.1, 0.15) is 32.1 Å². The van der Waals surface area contributed by atoms with E-state index < -0.39 is 6.09 Å². The van der Waals surface area contributed by atoms with Crippen LogP contribution in [0.25, 0.3) is 0 Å². The first-order valence-electron chi connectivity index (χ1n) is 6.58. The molecule has 2 aliphatic rings. The molecule has 0 radical (unpaired) electrons. The van der Waals surface area contributed by atoms with Crippen LogP contribution >= 0.6 is 11.6 Å². The van der Waals surface area contributed by atoms with Gasteiger partial charge in [-0.1, -0.05) is 18.0 Å². The van der Waals surface area contributed by atoms with E-state index in [0.29, 0.717) is 10.7 Å². The number of hydrogen-bond acceptors (Lipinski definition) is 3. The van der Waals surface area contributed by atoms with Gasteiger partial charge in [-0.2, -0.15) is 10.1 Å². The van der Waals surface area contributed by atoms with Crippen molar-refractivity contribution in [2.75, 3.05) is 5.01 Å². The Bertz CT molecular complexity index is 513. The minimum absolute atomic E-state index is 0.126. The van der Waals surface area contributed by atoms with Crippen molar-refractivity contribution in [3.63, 3.8) is 0 Å². The number of hydrogen-bond donors (Lipinski definition) is 0. The number of amides is 1. The molecule has 0 N–H and O–H groups in total. The molecule has 4 nitrogen and oxygen atoms in total. The maximum Gasteiger partial charge on any atom is 0.435 e. The third kappa shape index (κ3) is 2.59. The van der Waals surface area contributed by atoms with Crippen molar-refractivity contribution in [3.8, 4) is 0 Å². The van der Waals surface area contributed by atoms with Crippen LogP contribution in [0.15, 0.2) is 29.4 Å². The van der Waals surface area contributed by atoms with Crippen molar-refractivity contribution < 1.29 is 9.53 Å². The van der Waals surface area contributed by atoms with Gasteiger partial charge < -0.3 is 4.74 Å². The topological polar surface area (TPSA) is 41.9 Å². The molecule has 1 amide bonds. The molecule has 1 aliphatic heterocycles. The Morgan fingerprint density at radius 3 is 2.79 bits per heavy atom. The van der Waals surface area contributed by atoms with Gasteiger partial charge in [-0.25, -0.2) is 4.79 Å². The Morgan fingerprint density at radius 1 is 1.21 bits per heavy atom. The molecule has 1 aromatic rings. The number of carbonyl (C=O) groups excluding carboxylic acids is 1. The third-order valence-electron chi connectivity index (χ3n) is 3.49. The monoisotopic (exact) mass is 278 g/mol. The van der Waals surface area contributed by atoms with Crippen molar-refractivity contribution in [1.29, 1.82) is 0 Å². The summed E-state index contributed by atoms with van der Waals surface area (Å²) >= 11 is 5.85. The first-order chi connectivity index (χ1) is 9.24. The van der Waals surface area contributed by atoms with Gasteiger partial charge in [0.25, 0.3) is 0 Å². The van der Waals surface area contributed by atoms with E-state index in [4.69, 9.17) is 16.3 Å². The highest BCUT2D eigenvalue weighted by Crippen LogP contribution is 2.27. The average Bonchev–Trinajstić information content (AvgIpc) is 2.63. The molecule has 19 heavy (non-hydrogen) atoms. The Hall–Kier alpha value is -1.55. The molecule has 5 heteroatoms. The first-order valence-corrected chi connectivity index (χ1v) is 6.95. The highest BCUT2D eigenvalue weighted by atomic mass is 35.5. The van der Waals surface area contributed by atoms with Crippen LogP contribution in [0.5, 0.6) is 0 Å². The van der Waals surface area contributed by atoms with E-state index >= 15 is 0 Å². The molecule has 0 unspecified atom stereocenters. The highest BCUT2D eigenvalue weighted by Gasteiger charge is 2.32. The smallest absolute Gasteiger partial charge is 0.435 e. The summed E-state index contributed by atoms with van der Waals surface area (Å²) < 4.78 is 5.49. The summed E-state index contributed by atoms with van der Waals surface area (Å²) in [7, 11) is 0. The molecule has 1 aliphatic carbocycles.